The summed E-state index contributed by atoms with van der Waals surface area (Å²) in [5.41, 5.74) is 2.23. The second-order valence-electron chi connectivity index (χ2n) is 2.99. The van der Waals surface area contributed by atoms with E-state index < -0.39 is 0 Å². The topological polar surface area (TPSA) is 17.3 Å². The van der Waals surface area contributed by atoms with Gasteiger partial charge in [-0.15, -0.1) is 0 Å². The van der Waals surface area contributed by atoms with Crippen LogP contribution in [0.5, 0.6) is 0 Å². The molecule has 0 bridgehead atoms. The Morgan fingerprint density at radius 1 is 1.12 bits per heavy atom. The number of hydrogen-bond donors (Lipinski definition) is 0. The van der Waals surface area contributed by atoms with Gasteiger partial charge >= 0.3 is 0 Å². The Balaban J connectivity index is 0.000000323. The van der Waals surface area contributed by atoms with Gasteiger partial charge in [0.2, 0.25) is 0 Å². The molecule has 0 spiro atoms. The van der Waals surface area contributed by atoms with Crippen molar-refractivity contribution in [1.82, 2.24) is 9.38 Å². The lowest BCUT2D eigenvalue weighted by Gasteiger charge is -1.95. The van der Waals surface area contributed by atoms with Gasteiger partial charge in [0, 0.05) is 18.1 Å². The van der Waals surface area contributed by atoms with E-state index in [4.69, 9.17) is 0 Å². The molecule has 0 fully saturated rings. The molecule has 0 saturated carbocycles. The molecule has 0 aliphatic heterocycles. The van der Waals surface area contributed by atoms with Crippen LogP contribution in [0.15, 0.2) is 42.7 Å². The lowest BCUT2D eigenvalue weighted by atomic mass is 10.4. The Kier molecular flexibility index (Phi) is 7.86. The molecule has 0 radical (unpaired) electrons. The minimum absolute atomic E-state index is 1.01. The number of allylic oxidation sites excluding steroid dienone is 2. The predicted octanol–water partition coefficient (Wildman–Crippen LogP) is 4.25. The third kappa shape index (κ3) is 4.30. The van der Waals surface area contributed by atoms with Crippen molar-refractivity contribution in [3.05, 3.63) is 48.4 Å². The number of hydrogen-bond acceptors (Lipinski definition) is 1. The first-order valence-corrected chi connectivity index (χ1v) is 5.75. The first kappa shape index (κ1) is 14.4. The molecule has 2 nitrogen and oxygen atoms in total. The van der Waals surface area contributed by atoms with Gasteiger partial charge in [0.25, 0.3) is 0 Å². The van der Waals surface area contributed by atoms with Crippen LogP contribution in [0.4, 0.5) is 0 Å². The fourth-order valence-corrected chi connectivity index (χ4v) is 1.09. The zero-order valence-electron chi connectivity index (χ0n) is 10.9. The Hall–Kier alpha value is -1.57. The van der Waals surface area contributed by atoms with Crippen molar-refractivity contribution in [2.75, 3.05) is 0 Å². The number of nitrogens with zero attached hydrogens (tertiary/aromatic N) is 2. The molecule has 0 N–H and O–H groups in total. The fourth-order valence-electron chi connectivity index (χ4n) is 1.09. The summed E-state index contributed by atoms with van der Waals surface area (Å²) in [6.07, 6.45) is 7.77. The van der Waals surface area contributed by atoms with Crippen molar-refractivity contribution in [2.24, 2.45) is 0 Å². The van der Waals surface area contributed by atoms with E-state index in [0.717, 1.165) is 5.65 Å². The molecule has 0 aliphatic rings. The van der Waals surface area contributed by atoms with E-state index >= 15 is 0 Å². The van der Waals surface area contributed by atoms with E-state index in [1.165, 1.54) is 5.69 Å². The average molecular weight is 218 g/mol. The van der Waals surface area contributed by atoms with E-state index in [0.29, 0.717) is 0 Å². The van der Waals surface area contributed by atoms with Crippen LogP contribution in [-0.2, 0) is 0 Å². The van der Waals surface area contributed by atoms with Gasteiger partial charge in [-0.1, -0.05) is 32.1 Å². The molecule has 2 aromatic heterocycles. The fraction of sp³-hybridized carbons (Fsp3) is 0.357. The third-order valence-electron chi connectivity index (χ3n) is 1.97. The minimum Gasteiger partial charge on any atom is -0.304 e. The molecule has 2 heterocycles. The standard InChI is InChI=1S/C8H8N2.C4H8.C2H6/c1-7-3-2-4-8-9-5-6-10(7)8;1-3-4-2;1-2/h2-6H,1H3;3-4H,1-2H3;1-2H3/b;4-3-;. The normalized spacial score (nSPS) is 9.31. The van der Waals surface area contributed by atoms with Crippen LogP contribution >= 0.6 is 0 Å². The second kappa shape index (κ2) is 8.72. The molecule has 0 saturated heterocycles. The highest BCUT2D eigenvalue weighted by Gasteiger charge is 1.92. The molecular weight excluding hydrogens is 196 g/mol. The smallest absolute Gasteiger partial charge is 0.136 e. The Labute approximate surface area is 98.6 Å². The highest BCUT2D eigenvalue weighted by atomic mass is 15.0. The summed E-state index contributed by atoms with van der Waals surface area (Å²) in [6, 6.07) is 6.07. The largest absolute Gasteiger partial charge is 0.304 e. The number of aromatic nitrogens is 2. The lowest BCUT2D eigenvalue weighted by Crippen LogP contribution is -1.86. The summed E-state index contributed by atoms with van der Waals surface area (Å²) in [5, 5.41) is 0. The van der Waals surface area contributed by atoms with Gasteiger partial charge < -0.3 is 4.40 Å². The van der Waals surface area contributed by atoms with Gasteiger partial charge in [-0.3, -0.25) is 0 Å². The number of rotatable bonds is 0. The Morgan fingerprint density at radius 2 is 1.75 bits per heavy atom. The molecule has 2 rings (SSSR count). The molecule has 0 amide bonds. The summed E-state index contributed by atoms with van der Waals surface area (Å²) in [5.74, 6) is 0. The highest BCUT2D eigenvalue weighted by molar-refractivity contribution is 5.39. The second-order valence-corrected chi connectivity index (χ2v) is 2.99. The number of pyridine rings is 1. The van der Waals surface area contributed by atoms with Crippen LogP contribution < -0.4 is 0 Å². The minimum atomic E-state index is 1.01. The molecule has 16 heavy (non-hydrogen) atoms. The molecule has 2 heteroatoms. The van der Waals surface area contributed by atoms with Crippen LogP contribution in [0, 0.1) is 6.92 Å². The van der Waals surface area contributed by atoms with Crippen molar-refractivity contribution in [3.8, 4) is 0 Å². The van der Waals surface area contributed by atoms with Crippen molar-refractivity contribution < 1.29 is 0 Å². The SMILES string of the molecule is C/C=C\C.CC.Cc1cccc2nccn12. The van der Waals surface area contributed by atoms with Gasteiger partial charge in [-0.2, -0.15) is 0 Å². The quantitative estimate of drug-likeness (QED) is 0.604. The number of aryl methyl sites for hydroxylation is 1. The predicted molar refractivity (Wildman–Crippen MR) is 71.8 cm³/mol. The van der Waals surface area contributed by atoms with E-state index in [1.54, 1.807) is 0 Å². The van der Waals surface area contributed by atoms with Crippen LogP contribution in [0.3, 0.4) is 0 Å². The van der Waals surface area contributed by atoms with E-state index in [1.807, 2.05) is 64.4 Å². The van der Waals surface area contributed by atoms with Gasteiger partial charge in [-0.05, 0) is 32.9 Å². The van der Waals surface area contributed by atoms with Gasteiger partial charge in [0.05, 0.1) is 0 Å². The number of fused-ring (bicyclic) bond motifs is 1. The van der Waals surface area contributed by atoms with E-state index in [9.17, 15) is 0 Å². The molecule has 0 aromatic carbocycles. The summed E-state index contributed by atoms with van der Waals surface area (Å²) in [4.78, 5) is 4.14. The maximum Gasteiger partial charge on any atom is 0.136 e. The van der Waals surface area contributed by atoms with Crippen LogP contribution in [0.2, 0.25) is 0 Å². The first-order chi connectivity index (χ1) is 7.79. The van der Waals surface area contributed by atoms with Crippen LogP contribution in [-0.4, -0.2) is 9.38 Å². The zero-order chi connectivity index (χ0) is 12.4. The maximum atomic E-state index is 4.14. The molecule has 0 aliphatic carbocycles. The maximum absolute atomic E-state index is 4.14. The van der Waals surface area contributed by atoms with E-state index in [-0.39, 0.29) is 0 Å². The summed E-state index contributed by atoms with van der Waals surface area (Å²) >= 11 is 0. The van der Waals surface area contributed by atoms with Crippen LogP contribution in [0.1, 0.15) is 33.4 Å². The third-order valence-corrected chi connectivity index (χ3v) is 1.97. The zero-order valence-corrected chi connectivity index (χ0v) is 10.9. The molecule has 88 valence electrons. The monoisotopic (exact) mass is 218 g/mol. The molecule has 0 unspecified atom stereocenters. The Morgan fingerprint density at radius 3 is 2.25 bits per heavy atom. The van der Waals surface area contributed by atoms with Gasteiger partial charge in [-0.25, -0.2) is 4.98 Å². The molecular formula is C14H22N2. The number of imidazole rings is 1. The average Bonchev–Trinajstić information content (AvgIpc) is 2.82. The molecule has 2 aromatic rings. The van der Waals surface area contributed by atoms with E-state index in [2.05, 4.69) is 22.4 Å². The summed E-state index contributed by atoms with van der Waals surface area (Å²) < 4.78 is 2.06. The van der Waals surface area contributed by atoms with Gasteiger partial charge in [0.1, 0.15) is 5.65 Å². The summed E-state index contributed by atoms with van der Waals surface area (Å²) in [6.45, 7) is 10.1. The Bertz CT molecular complexity index is 409. The lowest BCUT2D eigenvalue weighted by molar-refractivity contribution is 1.09. The van der Waals surface area contributed by atoms with Crippen molar-refractivity contribution in [2.45, 2.75) is 34.6 Å². The molecule has 0 atom stereocenters. The van der Waals surface area contributed by atoms with Gasteiger partial charge in [0.15, 0.2) is 0 Å². The van der Waals surface area contributed by atoms with Crippen molar-refractivity contribution in [3.63, 3.8) is 0 Å². The highest BCUT2D eigenvalue weighted by Crippen LogP contribution is 2.02. The van der Waals surface area contributed by atoms with Crippen LogP contribution in [0.25, 0.3) is 5.65 Å². The van der Waals surface area contributed by atoms with Crippen molar-refractivity contribution >= 4 is 5.65 Å². The summed E-state index contributed by atoms with van der Waals surface area (Å²) in [7, 11) is 0. The van der Waals surface area contributed by atoms with Crippen molar-refractivity contribution in [1.29, 1.82) is 0 Å². The first-order valence-electron chi connectivity index (χ1n) is 5.75.